The van der Waals surface area contributed by atoms with E-state index in [1.807, 2.05) is 0 Å². The van der Waals surface area contributed by atoms with Gasteiger partial charge < -0.3 is 35.0 Å². The molecule has 0 spiro atoms. The molecule has 1 aliphatic rings. The van der Waals surface area contributed by atoms with E-state index in [1.54, 1.807) is 24.3 Å². The van der Waals surface area contributed by atoms with Crippen molar-refractivity contribution in [2.75, 3.05) is 6.61 Å². The van der Waals surface area contributed by atoms with E-state index in [0.717, 1.165) is 0 Å². The zero-order valence-corrected chi connectivity index (χ0v) is 10.7. The summed E-state index contributed by atoms with van der Waals surface area (Å²) in [7, 11) is 0. The summed E-state index contributed by atoms with van der Waals surface area (Å²) >= 11 is 0. The third-order valence-corrected chi connectivity index (χ3v) is 3.23. The van der Waals surface area contributed by atoms with Gasteiger partial charge in [-0.3, -0.25) is 0 Å². The van der Waals surface area contributed by atoms with Gasteiger partial charge in [-0.25, -0.2) is 0 Å². The van der Waals surface area contributed by atoms with Crippen molar-refractivity contribution < 1.29 is 35.0 Å². The van der Waals surface area contributed by atoms with Crippen LogP contribution in [0.1, 0.15) is 5.56 Å². The van der Waals surface area contributed by atoms with Gasteiger partial charge in [-0.1, -0.05) is 18.2 Å². The van der Waals surface area contributed by atoms with E-state index in [4.69, 9.17) is 14.6 Å². The Morgan fingerprint density at radius 1 is 1.00 bits per heavy atom. The second kappa shape index (κ2) is 6.49. The van der Waals surface area contributed by atoms with Crippen molar-refractivity contribution in [2.24, 2.45) is 0 Å². The molecule has 0 unspecified atom stereocenters. The first-order valence-corrected chi connectivity index (χ1v) is 6.24. The lowest BCUT2D eigenvalue weighted by Crippen LogP contribution is -2.60. The molecule has 0 bridgehead atoms. The van der Waals surface area contributed by atoms with Crippen molar-refractivity contribution in [2.45, 2.75) is 37.3 Å². The van der Waals surface area contributed by atoms with Gasteiger partial charge in [-0.2, -0.15) is 0 Å². The smallest absolute Gasteiger partial charge is 0.229 e. The number of hydrogen-bond donors (Lipinski definition) is 5. The predicted molar refractivity (Wildman–Crippen MR) is 66.8 cm³/mol. The highest BCUT2D eigenvalue weighted by atomic mass is 16.7. The number of benzene rings is 1. The molecule has 7 heteroatoms. The zero-order valence-electron chi connectivity index (χ0n) is 10.7. The normalized spacial score (nSPS) is 34.0. The topological polar surface area (TPSA) is 120 Å². The second-order valence-corrected chi connectivity index (χ2v) is 4.58. The molecule has 7 nitrogen and oxygen atoms in total. The zero-order chi connectivity index (χ0) is 14.7. The van der Waals surface area contributed by atoms with Gasteiger partial charge in [0.1, 0.15) is 30.2 Å². The molecule has 0 radical (unpaired) electrons. The minimum absolute atomic E-state index is 0.256. The average molecular weight is 286 g/mol. The Labute approximate surface area is 115 Å². The molecule has 20 heavy (non-hydrogen) atoms. The average Bonchev–Trinajstić information content (AvgIpc) is 2.48. The van der Waals surface area contributed by atoms with E-state index < -0.39 is 37.3 Å². The van der Waals surface area contributed by atoms with Crippen molar-refractivity contribution in [1.29, 1.82) is 0 Å². The number of hydrogen-bond acceptors (Lipinski definition) is 7. The molecular weight excluding hydrogens is 268 g/mol. The van der Waals surface area contributed by atoms with E-state index in [9.17, 15) is 20.4 Å². The third kappa shape index (κ3) is 2.93. The van der Waals surface area contributed by atoms with Gasteiger partial charge in [0.25, 0.3) is 0 Å². The van der Waals surface area contributed by atoms with Crippen LogP contribution in [0.5, 0.6) is 5.75 Å². The molecule has 0 aromatic heterocycles. The first kappa shape index (κ1) is 15.2. The minimum Gasteiger partial charge on any atom is -0.462 e. The molecule has 0 saturated carbocycles. The molecule has 1 aromatic rings. The Balaban J connectivity index is 2.15. The van der Waals surface area contributed by atoms with Gasteiger partial charge in [0.15, 0.2) is 0 Å². The van der Waals surface area contributed by atoms with Crippen LogP contribution < -0.4 is 4.74 Å². The lowest BCUT2D eigenvalue weighted by atomic mass is 9.99. The fourth-order valence-corrected chi connectivity index (χ4v) is 2.04. The molecule has 1 aliphatic heterocycles. The van der Waals surface area contributed by atoms with Crippen LogP contribution in [0.2, 0.25) is 0 Å². The van der Waals surface area contributed by atoms with Crippen LogP contribution in [-0.4, -0.2) is 62.8 Å². The third-order valence-electron chi connectivity index (χ3n) is 3.23. The van der Waals surface area contributed by atoms with Gasteiger partial charge in [0.05, 0.1) is 13.2 Å². The van der Waals surface area contributed by atoms with Crippen molar-refractivity contribution in [3.63, 3.8) is 0 Å². The lowest BCUT2D eigenvalue weighted by Gasteiger charge is -2.39. The van der Waals surface area contributed by atoms with Crippen LogP contribution in [0.4, 0.5) is 0 Å². The van der Waals surface area contributed by atoms with Crippen LogP contribution in [0.3, 0.4) is 0 Å². The van der Waals surface area contributed by atoms with Crippen LogP contribution in [0.15, 0.2) is 24.3 Å². The standard InChI is InChI=1S/C13H18O7/c14-5-7-3-1-2-4-8(7)19-13-12(18)11(17)10(16)9(6-15)20-13/h1-4,9-18H,5-6H2/t9-,10+,11+,12+,13+/m0/s1. The van der Waals surface area contributed by atoms with Gasteiger partial charge in [-0.05, 0) is 6.07 Å². The fourth-order valence-electron chi connectivity index (χ4n) is 2.04. The Kier molecular flexibility index (Phi) is 4.92. The summed E-state index contributed by atoms with van der Waals surface area (Å²) in [4.78, 5) is 0. The molecule has 1 aromatic carbocycles. The lowest BCUT2D eigenvalue weighted by molar-refractivity contribution is -0.277. The van der Waals surface area contributed by atoms with Crippen LogP contribution in [-0.2, 0) is 11.3 Å². The quantitative estimate of drug-likeness (QED) is 0.450. The summed E-state index contributed by atoms with van der Waals surface area (Å²) in [6.07, 6.45) is -6.67. The Morgan fingerprint density at radius 3 is 2.35 bits per heavy atom. The van der Waals surface area contributed by atoms with Gasteiger partial charge in [0.2, 0.25) is 6.29 Å². The molecule has 5 N–H and O–H groups in total. The summed E-state index contributed by atoms with van der Waals surface area (Å²) < 4.78 is 10.6. The molecule has 5 atom stereocenters. The Bertz CT molecular complexity index is 436. The highest BCUT2D eigenvalue weighted by Gasteiger charge is 2.44. The van der Waals surface area contributed by atoms with Crippen molar-refractivity contribution >= 4 is 0 Å². The number of aliphatic hydroxyl groups is 5. The number of aliphatic hydroxyl groups excluding tert-OH is 5. The van der Waals surface area contributed by atoms with E-state index in [1.165, 1.54) is 0 Å². The van der Waals surface area contributed by atoms with Gasteiger partial charge >= 0.3 is 0 Å². The maximum absolute atomic E-state index is 9.84. The van der Waals surface area contributed by atoms with E-state index in [0.29, 0.717) is 11.3 Å². The summed E-state index contributed by atoms with van der Waals surface area (Å²) in [5.74, 6) is 0.291. The summed E-state index contributed by atoms with van der Waals surface area (Å²) in [5, 5.41) is 47.4. The summed E-state index contributed by atoms with van der Waals surface area (Å²) in [6, 6.07) is 6.61. The van der Waals surface area contributed by atoms with Crippen molar-refractivity contribution in [3.05, 3.63) is 29.8 Å². The molecular formula is C13H18O7. The fraction of sp³-hybridized carbons (Fsp3) is 0.538. The molecule has 1 heterocycles. The summed E-state index contributed by atoms with van der Waals surface area (Å²) in [5.41, 5.74) is 0.490. The van der Waals surface area contributed by atoms with Crippen LogP contribution in [0.25, 0.3) is 0 Å². The number of para-hydroxylation sites is 1. The number of rotatable bonds is 4. The van der Waals surface area contributed by atoms with E-state index in [-0.39, 0.29) is 6.61 Å². The highest BCUT2D eigenvalue weighted by molar-refractivity contribution is 5.32. The number of ether oxygens (including phenoxy) is 2. The maximum Gasteiger partial charge on any atom is 0.229 e. The van der Waals surface area contributed by atoms with E-state index in [2.05, 4.69) is 0 Å². The van der Waals surface area contributed by atoms with Crippen LogP contribution >= 0.6 is 0 Å². The Hall–Kier alpha value is -1.22. The van der Waals surface area contributed by atoms with Crippen LogP contribution in [0, 0.1) is 0 Å². The maximum atomic E-state index is 9.84. The molecule has 2 rings (SSSR count). The minimum atomic E-state index is -1.49. The Morgan fingerprint density at radius 2 is 1.70 bits per heavy atom. The van der Waals surface area contributed by atoms with E-state index >= 15 is 0 Å². The first-order chi connectivity index (χ1) is 9.58. The van der Waals surface area contributed by atoms with Crippen molar-refractivity contribution in [3.8, 4) is 5.75 Å². The van der Waals surface area contributed by atoms with Gasteiger partial charge in [0, 0.05) is 5.56 Å². The SMILES string of the molecule is OCc1ccccc1O[C@@H]1O[C@@H](CO)[C@@H](O)[C@@H](O)[C@H]1O. The molecule has 112 valence electrons. The molecule has 1 fully saturated rings. The second-order valence-electron chi connectivity index (χ2n) is 4.58. The molecule has 0 aliphatic carbocycles. The monoisotopic (exact) mass is 286 g/mol. The first-order valence-electron chi connectivity index (χ1n) is 6.24. The largest absolute Gasteiger partial charge is 0.462 e. The highest BCUT2D eigenvalue weighted by Crippen LogP contribution is 2.26. The molecule has 0 amide bonds. The predicted octanol–water partition coefficient (Wildman–Crippen LogP) is -1.64. The summed E-state index contributed by atoms with van der Waals surface area (Å²) in [6.45, 7) is -0.778. The van der Waals surface area contributed by atoms with Crippen molar-refractivity contribution in [1.82, 2.24) is 0 Å². The molecule has 1 saturated heterocycles. The van der Waals surface area contributed by atoms with Gasteiger partial charge in [-0.15, -0.1) is 0 Å².